The zero-order valence-corrected chi connectivity index (χ0v) is 20.4. The third-order valence-corrected chi connectivity index (χ3v) is 10.4. The minimum absolute atomic E-state index is 0.475. The second-order valence-electron chi connectivity index (χ2n) is 11.9. The predicted molar refractivity (Wildman–Crippen MR) is 133 cm³/mol. The van der Waals surface area contributed by atoms with Crippen LogP contribution in [-0.4, -0.2) is 12.8 Å². The Kier molecular flexibility index (Phi) is 6.44. The minimum Gasteiger partial charge on any atom is -0.404 e. The fraction of sp³-hybridized carbons (Fsp3) is 0.759. The van der Waals surface area contributed by atoms with Crippen LogP contribution in [0.2, 0.25) is 0 Å². The van der Waals surface area contributed by atoms with Gasteiger partial charge < -0.3 is 5.73 Å². The summed E-state index contributed by atoms with van der Waals surface area (Å²) in [5, 5.41) is 0. The van der Waals surface area contributed by atoms with E-state index in [1.165, 1.54) is 64.0 Å². The lowest BCUT2D eigenvalue weighted by atomic mass is 9.48. The number of fused-ring (bicyclic) bond motifs is 5. The molecule has 31 heavy (non-hydrogen) atoms. The molecular formula is C29H44N2. The predicted octanol–water partition coefficient (Wildman–Crippen LogP) is 6.77. The number of hydrogen-bond donors (Lipinski definition) is 1. The van der Waals surface area contributed by atoms with E-state index in [1.807, 2.05) is 5.57 Å². The molecule has 0 heterocycles. The Morgan fingerprint density at radius 2 is 2.03 bits per heavy atom. The third kappa shape index (κ3) is 3.92. The summed E-state index contributed by atoms with van der Waals surface area (Å²) in [5.74, 6) is 7.57. The van der Waals surface area contributed by atoms with Crippen LogP contribution in [0.3, 0.4) is 0 Å². The van der Waals surface area contributed by atoms with Crippen LogP contribution in [0.25, 0.3) is 0 Å². The van der Waals surface area contributed by atoms with Crippen molar-refractivity contribution in [2.75, 3.05) is 6.54 Å². The molecule has 0 radical (unpaired) electrons. The number of hydrogen-bond acceptors (Lipinski definition) is 2. The Hall–Kier alpha value is -1.49. The van der Waals surface area contributed by atoms with Gasteiger partial charge in [-0.05, 0) is 104 Å². The monoisotopic (exact) mass is 420 g/mol. The molecule has 0 aromatic rings. The van der Waals surface area contributed by atoms with Gasteiger partial charge in [-0.3, -0.25) is 4.99 Å². The van der Waals surface area contributed by atoms with Crippen LogP contribution in [0.5, 0.6) is 0 Å². The molecule has 0 aromatic carbocycles. The SMILES string of the molecule is C#C/C(C=NCC(C)C1CCC2C3CC=C4CCC(C)CCC4(C)C3CCC12C)=C/N. The second kappa shape index (κ2) is 8.80. The summed E-state index contributed by atoms with van der Waals surface area (Å²) < 4.78 is 0. The van der Waals surface area contributed by atoms with Crippen molar-refractivity contribution in [1.29, 1.82) is 0 Å². The van der Waals surface area contributed by atoms with E-state index in [1.54, 1.807) is 6.21 Å². The first-order chi connectivity index (χ1) is 14.8. The quantitative estimate of drug-likeness (QED) is 0.304. The van der Waals surface area contributed by atoms with Crippen molar-refractivity contribution < 1.29 is 0 Å². The van der Waals surface area contributed by atoms with E-state index in [0.29, 0.717) is 22.3 Å². The van der Waals surface area contributed by atoms with Gasteiger partial charge in [0, 0.05) is 19.0 Å². The van der Waals surface area contributed by atoms with Crippen molar-refractivity contribution in [3.8, 4) is 12.3 Å². The van der Waals surface area contributed by atoms with Gasteiger partial charge in [-0.1, -0.05) is 45.3 Å². The number of nitrogens with two attached hydrogens (primary N) is 1. The van der Waals surface area contributed by atoms with Crippen LogP contribution in [0, 0.1) is 58.7 Å². The topological polar surface area (TPSA) is 38.4 Å². The van der Waals surface area contributed by atoms with Crippen molar-refractivity contribution in [2.45, 2.75) is 85.5 Å². The maximum atomic E-state index is 5.57. The summed E-state index contributed by atoms with van der Waals surface area (Å²) in [6.07, 6.45) is 24.0. The molecule has 4 rings (SSSR count). The number of nitrogens with zero attached hydrogens (tertiary/aromatic N) is 1. The average Bonchev–Trinajstić information content (AvgIpc) is 3.04. The molecule has 8 unspecified atom stereocenters. The second-order valence-corrected chi connectivity index (χ2v) is 11.9. The molecule has 2 N–H and O–H groups in total. The molecule has 0 aromatic heterocycles. The highest BCUT2D eigenvalue weighted by molar-refractivity contribution is 5.84. The molecule has 3 saturated carbocycles. The van der Waals surface area contributed by atoms with E-state index < -0.39 is 0 Å². The Morgan fingerprint density at radius 3 is 2.77 bits per heavy atom. The molecule has 170 valence electrons. The molecule has 0 spiro atoms. The van der Waals surface area contributed by atoms with Gasteiger partial charge >= 0.3 is 0 Å². The smallest absolute Gasteiger partial charge is 0.0575 e. The van der Waals surface area contributed by atoms with Crippen LogP contribution < -0.4 is 5.73 Å². The molecule has 8 atom stereocenters. The number of aliphatic imine (C=N–C) groups is 1. The summed E-state index contributed by atoms with van der Waals surface area (Å²) in [4.78, 5) is 4.67. The first-order valence-corrected chi connectivity index (χ1v) is 12.9. The van der Waals surface area contributed by atoms with Gasteiger partial charge in [-0.2, -0.15) is 0 Å². The zero-order valence-electron chi connectivity index (χ0n) is 20.4. The molecule has 2 heteroatoms. The van der Waals surface area contributed by atoms with Crippen molar-refractivity contribution in [2.24, 2.45) is 57.1 Å². The number of rotatable bonds is 4. The molecular weight excluding hydrogens is 376 g/mol. The molecule has 0 saturated heterocycles. The molecule has 4 aliphatic carbocycles. The molecule has 0 aliphatic heterocycles. The van der Waals surface area contributed by atoms with E-state index in [0.717, 1.165) is 36.1 Å². The first kappa shape index (κ1) is 22.7. The standard InChI is InChI=1S/C29H44N2/c1-6-22(17-30)19-31-18-21(3)25-11-12-26-24-10-9-23-8-7-20(2)13-15-28(23,4)27(24)14-16-29(25,26)5/h1,9,17,19-21,24-27H,7-8,10-16,18,30H2,2-5H3/b22-17-,31-19?. The van der Waals surface area contributed by atoms with E-state index in [9.17, 15) is 0 Å². The van der Waals surface area contributed by atoms with Gasteiger partial charge in [0.15, 0.2) is 0 Å². The number of allylic oxidation sites excluding steroid dienone is 3. The average molecular weight is 421 g/mol. The lowest BCUT2D eigenvalue weighted by Crippen LogP contribution is -2.49. The van der Waals surface area contributed by atoms with Crippen LogP contribution >= 0.6 is 0 Å². The van der Waals surface area contributed by atoms with Crippen LogP contribution in [-0.2, 0) is 0 Å². The van der Waals surface area contributed by atoms with E-state index in [-0.39, 0.29) is 0 Å². The van der Waals surface area contributed by atoms with Crippen molar-refractivity contribution in [3.05, 3.63) is 23.4 Å². The minimum atomic E-state index is 0.475. The number of terminal acetylenes is 1. The summed E-state index contributed by atoms with van der Waals surface area (Å²) >= 11 is 0. The molecule has 2 nitrogen and oxygen atoms in total. The Bertz CT molecular complexity index is 798. The van der Waals surface area contributed by atoms with E-state index in [4.69, 9.17) is 12.2 Å². The summed E-state index contributed by atoms with van der Waals surface area (Å²) in [6.45, 7) is 11.0. The maximum Gasteiger partial charge on any atom is 0.0575 e. The largest absolute Gasteiger partial charge is 0.404 e. The normalized spacial score (nSPS) is 43.9. The lowest BCUT2D eigenvalue weighted by molar-refractivity contribution is -0.0447. The van der Waals surface area contributed by atoms with Gasteiger partial charge in [0.2, 0.25) is 0 Å². The van der Waals surface area contributed by atoms with Crippen molar-refractivity contribution in [1.82, 2.24) is 0 Å². The highest BCUT2D eigenvalue weighted by atomic mass is 14.7. The highest BCUT2D eigenvalue weighted by Gasteiger charge is 2.58. The van der Waals surface area contributed by atoms with Crippen LogP contribution in [0.15, 0.2) is 28.4 Å². The fourth-order valence-corrected chi connectivity index (χ4v) is 8.53. The summed E-state index contributed by atoms with van der Waals surface area (Å²) in [7, 11) is 0. The molecule has 0 bridgehead atoms. The zero-order chi connectivity index (χ0) is 22.2. The van der Waals surface area contributed by atoms with Crippen LogP contribution in [0.4, 0.5) is 0 Å². The lowest BCUT2D eigenvalue weighted by Gasteiger charge is -2.57. The summed E-state index contributed by atoms with van der Waals surface area (Å²) in [5.41, 5.74) is 9.03. The highest BCUT2D eigenvalue weighted by Crippen LogP contribution is 2.67. The third-order valence-electron chi connectivity index (χ3n) is 10.4. The Labute approximate surface area is 191 Å². The molecule has 0 amide bonds. The Balaban J connectivity index is 1.50. The molecule has 3 fully saturated rings. The molecule has 4 aliphatic rings. The summed E-state index contributed by atoms with van der Waals surface area (Å²) in [6, 6.07) is 0. The van der Waals surface area contributed by atoms with Crippen molar-refractivity contribution >= 4 is 6.21 Å². The van der Waals surface area contributed by atoms with Gasteiger partial charge in [0.1, 0.15) is 0 Å². The Morgan fingerprint density at radius 1 is 1.23 bits per heavy atom. The van der Waals surface area contributed by atoms with E-state index >= 15 is 0 Å². The fourth-order valence-electron chi connectivity index (χ4n) is 8.53. The van der Waals surface area contributed by atoms with Gasteiger partial charge in [-0.15, -0.1) is 6.42 Å². The first-order valence-electron chi connectivity index (χ1n) is 12.9. The maximum absolute atomic E-state index is 5.57. The van der Waals surface area contributed by atoms with Gasteiger partial charge in [0.05, 0.1) is 5.57 Å². The van der Waals surface area contributed by atoms with E-state index in [2.05, 4.69) is 44.7 Å². The van der Waals surface area contributed by atoms with Crippen molar-refractivity contribution in [3.63, 3.8) is 0 Å². The van der Waals surface area contributed by atoms with Crippen LogP contribution in [0.1, 0.15) is 85.5 Å². The van der Waals surface area contributed by atoms with Gasteiger partial charge in [0.25, 0.3) is 0 Å². The van der Waals surface area contributed by atoms with Gasteiger partial charge in [-0.25, -0.2) is 0 Å².